The molecule has 0 saturated carbocycles. The van der Waals surface area contributed by atoms with Crippen LogP contribution in [-0.2, 0) is 4.74 Å². The summed E-state index contributed by atoms with van der Waals surface area (Å²) in [6.45, 7) is 1.96. The lowest BCUT2D eigenvalue weighted by Gasteiger charge is -2.37. The number of aromatic nitrogens is 1. The Morgan fingerprint density at radius 2 is 2.39 bits per heavy atom. The first-order valence-electron chi connectivity index (χ1n) is 7.31. The van der Waals surface area contributed by atoms with Crippen molar-refractivity contribution in [2.45, 2.75) is 18.6 Å². The molecule has 0 aromatic carbocycles. The van der Waals surface area contributed by atoms with Gasteiger partial charge in [-0.1, -0.05) is 11.6 Å². The summed E-state index contributed by atoms with van der Waals surface area (Å²) < 4.78 is 5.42. The SMILES string of the molecule is CO[C@@H]1CN(CCO)CC[C@@H]1NC(=O)c1cc(Cl)c(N)[nH]c1=O. The van der Waals surface area contributed by atoms with Gasteiger partial charge in [0, 0.05) is 26.7 Å². The highest BCUT2D eigenvalue weighted by Gasteiger charge is 2.30. The summed E-state index contributed by atoms with van der Waals surface area (Å²) >= 11 is 5.85. The third-order valence-electron chi connectivity index (χ3n) is 3.94. The summed E-state index contributed by atoms with van der Waals surface area (Å²) in [5, 5.41) is 11.9. The first-order valence-corrected chi connectivity index (χ1v) is 7.69. The predicted molar refractivity (Wildman–Crippen MR) is 86.7 cm³/mol. The van der Waals surface area contributed by atoms with Crippen LogP contribution in [0.3, 0.4) is 0 Å². The van der Waals surface area contributed by atoms with Gasteiger partial charge in [-0.15, -0.1) is 0 Å². The summed E-state index contributed by atoms with van der Waals surface area (Å²) in [6, 6.07) is 1.03. The van der Waals surface area contributed by atoms with Crippen LogP contribution < -0.4 is 16.6 Å². The molecule has 1 fully saturated rings. The van der Waals surface area contributed by atoms with Crippen molar-refractivity contribution in [3.05, 3.63) is 27.0 Å². The van der Waals surface area contributed by atoms with Crippen molar-refractivity contribution in [3.8, 4) is 0 Å². The number of nitrogen functional groups attached to an aromatic ring is 1. The van der Waals surface area contributed by atoms with Crippen LogP contribution in [-0.4, -0.2) is 66.4 Å². The number of amides is 1. The highest BCUT2D eigenvalue weighted by molar-refractivity contribution is 6.33. The number of methoxy groups -OCH3 is 1. The Hall–Kier alpha value is -1.61. The number of hydrogen-bond acceptors (Lipinski definition) is 6. The zero-order valence-electron chi connectivity index (χ0n) is 12.8. The van der Waals surface area contributed by atoms with Gasteiger partial charge in [-0.2, -0.15) is 0 Å². The molecular weight excluding hydrogens is 324 g/mol. The third-order valence-corrected chi connectivity index (χ3v) is 4.26. The van der Waals surface area contributed by atoms with Gasteiger partial charge in [-0.05, 0) is 12.5 Å². The molecule has 0 spiro atoms. The van der Waals surface area contributed by atoms with Crippen LogP contribution in [0.5, 0.6) is 0 Å². The van der Waals surface area contributed by atoms with E-state index in [0.717, 1.165) is 6.54 Å². The van der Waals surface area contributed by atoms with Crippen molar-refractivity contribution in [1.29, 1.82) is 0 Å². The average Bonchev–Trinajstić information content (AvgIpc) is 2.52. The van der Waals surface area contributed by atoms with E-state index in [1.165, 1.54) is 6.07 Å². The minimum Gasteiger partial charge on any atom is -0.395 e. The van der Waals surface area contributed by atoms with Crippen LogP contribution in [0.25, 0.3) is 0 Å². The van der Waals surface area contributed by atoms with Gasteiger partial charge in [0.25, 0.3) is 11.5 Å². The number of ether oxygens (including phenoxy) is 1. The van der Waals surface area contributed by atoms with E-state index >= 15 is 0 Å². The standard InChI is InChI=1S/C14H21ClN4O4/c1-23-11-7-19(4-5-20)3-2-10(11)17-13(21)8-6-9(15)12(16)18-14(8)22/h6,10-11,20H,2-5,7H2,1H3,(H,17,21)(H3,16,18,22)/t10-,11+/m0/s1. The van der Waals surface area contributed by atoms with Crippen LogP contribution in [0.2, 0.25) is 5.02 Å². The van der Waals surface area contributed by atoms with Crippen LogP contribution in [0.4, 0.5) is 5.82 Å². The number of nitrogens with one attached hydrogen (secondary N) is 2. The molecule has 8 nitrogen and oxygen atoms in total. The second-order valence-electron chi connectivity index (χ2n) is 5.44. The fourth-order valence-electron chi connectivity index (χ4n) is 2.66. The van der Waals surface area contributed by atoms with Gasteiger partial charge in [0.05, 0.1) is 23.8 Å². The van der Waals surface area contributed by atoms with Gasteiger partial charge >= 0.3 is 0 Å². The lowest BCUT2D eigenvalue weighted by Crippen LogP contribution is -2.55. The number of nitrogens with two attached hydrogens (primary N) is 1. The molecule has 2 heterocycles. The number of pyridine rings is 1. The molecule has 0 radical (unpaired) electrons. The van der Waals surface area contributed by atoms with E-state index in [4.69, 9.17) is 27.2 Å². The molecule has 1 aromatic heterocycles. The Labute approximate surface area is 138 Å². The molecule has 0 unspecified atom stereocenters. The number of aromatic amines is 1. The van der Waals surface area contributed by atoms with Crippen LogP contribution in [0.1, 0.15) is 16.8 Å². The maximum atomic E-state index is 12.3. The number of likely N-dealkylation sites (tertiary alicyclic amines) is 1. The molecule has 128 valence electrons. The molecule has 0 aliphatic carbocycles. The Morgan fingerprint density at radius 1 is 1.65 bits per heavy atom. The van der Waals surface area contributed by atoms with E-state index in [1.54, 1.807) is 7.11 Å². The molecule has 5 N–H and O–H groups in total. The molecule has 2 rings (SSSR count). The van der Waals surface area contributed by atoms with Crippen molar-refractivity contribution in [2.75, 3.05) is 39.1 Å². The Morgan fingerprint density at radius 3 is 3.04 bits per heavy atom. The number of nitrogens with zero attached hydrogens (tertiary/aromatic N) is 1. The molecule has 23 heavy (non-hydrogen) atoms. The van der Waals surface area contributed by atoms with E-state index in [9.17, 15) is 9.59 Å². The fraction of sp³-hybridized carbons (Fsp3) is 0.571. The first-order chi connectivity index (χ1) is 11.0. The number of aliphatic hydroxyl groups is 1. The smallest absolute Gasteiger partial charge is 0.262 e. The second kappa shape index (κ2) is 7.78. The van der Waals surface area contributed by atoms with E-state index in [2.05, 4.69) is 15.2 Å². The zero-order valence-corrected chi connectivity index (χ0v) is 13.6. The Bertz CT molecular complexity index is 621. The van der Waals surface area contributed by atoms with Crippen molar-refractivity contribution in [1.82, 2.24) is 15.2 Å². The number of aliphatic hydroxyl groups excluding tert-OH is 1. The van der Waals surface area contributed by atoms with Gasteiger partial charge < -0.3 is 25.9 Å². The molecule has 1 saturated heterocycles. The maximum absolute atomic E-state index is 12.3. The van der Waals surface area contributed by atoms with E-state index in [1.807, 2.05) is 0 Å². The van der Waals surface area contributed by atoms with Crippen LogP contribution in [0.15, 0.2) is 10.9 Å². The second-order valence-corrected chi connectivity index (χ2v) is 5.85. The maximum Gasteiger partial charge on any atom is 0.262 e. The van der Waals surface area contributed by atoms with Gasteiger partial charge in [0.1, 0.15) is 11.4 Å². The summed E-state index contributed by atoms with van der Waals surface area (Å²) in [5.74, 6) is -0.490. The minimum atomic E-state index is -0.587. The quantitative estimate of drug-likeness (QED) is 0.567. The molecular formula is C14H21ClN4O4. The van der Waals surface area contributed by atoms with E-state index < -0.39 is 11.5 Å². The molecule has 1 aromatic rings. The lowest BCUT2D eigenvalue weighted by atomic mass is 10.0. The highest BCUT2D eigenvalue weighted by atomic mass is 35.5. The normalized spacial score (nSPS) is 22.0. The number of carbonyl (C=O) groups is 1. The van der Waals surface area contributed by atoms with Crippen LogP contribution in [0, 0.1) is 0 Å². The van der Waals surface area contributed by atoms with Crippen molar-refractivity contribution >= 4 is 23.3 Å². The summed E-state index contributed by atoms with van der Waals surface area (Å²) in [7, 11) is 1.57. The van der Waals surface area contributed by atoms with Crippen molar-refractivity contribution < 1.29 is 14.6 Å². The molecule has 1 aliphatic rings. The number of halogens is 1. The van der Waals surface area contributed by atoms with Crippen LogP contribution >= 0.6 is 11.6 Å². The van der Waals surface area contributed by atoms with Gasteiger partial charge in [-0.3, -0.25) is 14.5 Å². The topological polar surface area (TPSA) is 121 Å². The van der Waals surface area contributed by atoms with E-state index in [-0.39, 0.29) is 35.2 Å². The zero-order chi connectivity index (χ0) is 17.0. The Balaban J connectivity index is 2.08. The monoisotopic (exact) mass is 344 g/mol. The lowest BCUT2D eigenvalue weighted by molar-refractivity contribution is 0.00229. The Kier molecular flexibility index (Phi) is 6.00. The largest absolute Gasteiger partial charge is 0.395 e. The molecule has 9 heteroatoms. The van der Waals surface area contributed by atoms with Gasteiger partial charge in [0.15, 0.2) is 0 Å². The number of rotatable bonds is 5. The van der Waals surface area contributed by atoms with Crippen molar-refractivity contribution in [3.63, 3.8) is 0 Å². The summed E-state index contributed by atoms with van der Waals surface area (Å²) in [5.41, 5.74) is 4.82. The first kappa shape index (κ1) is 17.7. The molecule has 0 bridgehead atoms. The number of H-pyrrole nitrogens is 1. The third kappa shape index (κ3) is 4.23. The fourth-order valence-corrected chi connectivity index (χ4v) is 2.82. The van der Waals surface area contributed by atoms with E-state index in [0.29, 0.717) is 19.5 Å². The molecule has 2 atom stereocenters. The molecule has 1 amide bonds. The highest BCUT2D eigenvalue weighted by Crippen LogP contribution is 2.16. The average molecular weight is 345 g/mol. The molecule has 1 aliphatic heterocycles. The summed E-state index contributed by atoms with van der Waals surface area (Å²) in [4.78, 5) is 28.6. The number of carbonyl (C=O) groups excluding carboxylic acids is 1. The number of anilines is 1. The number of β-amino-alcohol motifs (C(OH)–C–C–N with tert-alkyl or cyclic N) is 1. The number of hydrogen-bond donors (Lipinski definition) is 4. The number of piperidine rings is 1. The summed E-state index contributed by atoms with van der Waals surface area (Å²) in [6.07, 6.45) is 0.438. The van der Waals surface area contributed by atoms with Gasteiger partial charge in [0.2, 0.25) is 0 Å². The van der Waals surface area contributed by atoms with Crippen molar-refractivity contribution in [2.24, 2.45) is 0 Å². The predicted octanol–water partition coefficient (Wildman–Crippen LogP) is -0.578. The minimum absolute atomic E-state index is 0.0281. The van der Waals surface area contributed by atoms with Gasteiger partial charge in [-0.25, -0.2) is 0 Å².